The third kappa shape index (κ3) is 2.63. The zero-order valence-electron chi connectivity index (χ0n) is 15.6. The molecule has 1 aliphatic carbocycles. The molecule has 1 aliphatic heterocycles. The van der Waals surface area contributed by atoms with Gasteiger partial charge in [0, 0.05) is 31.1 Å². The van der Waals surface area contributed by atoms with Gasteiger partial charge < -0.3 is 20.3 Å². The summed E-state index contributed by atoms with van der Waals surface area (Å²) in [6, 6.07) is 0.486. The van der Waals surface area contributed by atoms with E-state index in [2.05, 4.69) is 6.58 Å². The molecular weight excluding hydrogens is 368 g/mol. The fourth-order valence-corrected chi connectivity index (χ4v) is 4.05. The Morgan fingerprint density at radius 3 is 2.61 bits per heavy atom. The standard InChI is InChI=1S/C20H21F2N3O3/c1-9-6-24(8-20(9,3)23)17-10(2)16-11(4-14(17)22)18(26)12(19(27)28)7-25(16)15-5-13(15)21/h4,7,13,15H,1,5-6,8,23H2,2-3H3,(H,27,28). The molecule has 3 unspecified atom stereocenters. The number of fused-ring (bicyclic) bond motifs is 1. The number of hydrogen-bond donors (Lipinski definition) is 2. The molecule has 2 aromatic rings. The molecule has 6 nitrogen and oxygen atoms in total. The molecule has 4 rings (SSSR count). The molecule has 1 saturated heterocycles. The highest BCUT2D eigenvalue weighted by molar-refractivity contribution is 5.95. The summed E-state index contributed by atoms with van der Waals surface area (Å²) in [6.07, 6.45) is 0.270. The second-order valence-electron chi connectivity index (χ2n) is 8.01. The van der Waals surface area contributed by atoms with E-state index < -0.39 is 40.5 Å². The molecule has 2 heterocycles. The van der Waals surface area contributed by atoms with Gasteiger partial charge in [-0.2, -0.15) is 0 Å². The number of carboxylic acids is 1. The number of anilines is 1. The smallest absolute Gasteiger partial charge is 0.341 e. The minimum absolute atomic E-state index is 0.0636. The maximum Gasteiger partial charge on any atom is 0.341 e. The number of aryl methyl sites for hydroxylation is 1. The lowest BCUT2D eigenvalue weighted by molar-refractivity contribution is 0.0694. The summed E-state index contributed by atoms with van der Waals surface area (Å²) >= 11 is 0. The molecule has 2 aliphatic rings. The Bertz CT molecular complexity index is 1110. The highest BCUT2D eigenvalue weighted by Gasteiger charge is 2.41. The maximum atomic E-state index is 15.1. The molecule has 1 saturated carbocycles. The van der Waals surface area contributed by atoms with Crippen molar-refractivity contribution in [2.45, 2.75) is 38.0 Å². The minimum Gasteiger partial charge on any atom is -0.477 e. The molecule has 148 valence electrons. The van der Waals surface area contributed by atoms with Crippen molar-refractivity contribution in [1.29, 1.82) is 0 Å². The van der Waals surface area contributed by atoms with Gasteiger partial charge in [-0.1, -0.05) is 6.58 Å². The first-order valence-corrected chi connectivity index (χ1v) is 9.00. The molecule has 3 N–H and O–H groups in total. The van der Waals surface area contributed by atoms with Gasteiger partial charge in [-0.3, -0.25) is 4.79 Å². The Balaban J connectivity index is 2.01. The van der Waals surface area contributed by atoms with Crippen LogP contribution in [0.5, 0.6) is 0 Å². The number of aromatic carboxylic acids is 1. The van der Waals surface area contributed by atoms with Gasteiger partial charge in [0.05, 0.1) is 22.8 Å². The Hall–Kier alpha value is -2.74. The molecule has 8 heteroatoms. The molecule has 2 fully saturated rings. The highest BCUT2D eigenvalue weighted by atomic mass is 19.1. The SMILES string of the molecule is C=C1CN(c2c(F)cc3c(=O)c(C(=O)O)cn(C4CC4F)c3c2C)CC1(C)N. The Labute approximate surface area is 159 Å². The van der Waals surface area contributed by atoms with Gasteiger partial charge >= 0.3 is 5.97 Å². The number of nitrogens with two attached hydrogens (primary N) is 1. The number of carboxylic acid groups (broad SMARTS) is 1. The number of halogens is 2. The molecule has 0 amide bonds. The van der Waals surface area contributed by atoms with Crippen LogP contribution < -0.4 is 16.1 Å². The van der Waals surface area contributed by atoms with E-state index in [1.165, 1.54) is 10.8 Å². The lowest BCUT2D eigenvalue weighted by Gasteiger charge is -2.25. The third-order valence-electron chi connectivity index (χ3n) is 5.77. The van der Waals surface area contributed by atoms with Crippen molar-refractivity contribution < 1.29 is 18.7 Å². The normalized spacial score (nSPS) is 26.9. The van der Waals surface area contributed by atoms with Crippen molar-refractivity contribution in [2.24, 2.45) is 5.73 Å². The molecule has 1 aromatic heterocycles. The van der Waals surface area contributed by atoms with E-state index in [-0.39, 0.29) is 17.5 Å². The number of rotatable bonds is 3. The van der Waals surface area contributed by atoms with Gasteiger partial charge in [-0.05, 0) is 31.1 Å². The van der Waals surface area contributed by atoms with E-state index in [1.807, 2.05) is 6.92 Å². The summed E-state index contributed by atoms with van der Waals surface area (Å²) in [6.45, 7) is 8.14. The molecule has 0 bridgehead atoms. The molecular formula is C20H21F2N3O3. The van der Waals surface area contributed by atoms with Crippen LogP contribution in [-0.2, 0) is 0 Å². The predicted octanol–water partition coefficient (Wildman–Crippen LogP) is 2.52. The quantitative estimate of drug-likeness (QED) is 0.788. The van der Waals surface area contributed by atoms with Gasteiger partial charge in [0.2, 0.25) is 5.43 Å². The average Bonchev–Trinajstić information content (AvgIpc) is 3.24. The highest BCUT2D eigenvalue weighted by Crippen LogP contribution is 2.43. The minimum atomic E-state index is -1.42. The molecule has 1 aromatic carbocycles. The first-order valence-electron chi connectivity index (χ1n) is 9.00. The number of alkyl halides is 1. The van der Waals surface area contributed by atoms with Crippen molar-refractivity contribution in [3.63, 3.8) is 0 Å². The van der Waals surface area contributed by atoms with Crippen LogP contribution in [0.25, 0.3) is 10.9 Å². The fourth-order valence-electron chi connectivity index (χ4n) is 4.05. The summed E-state index contributed by atoms with van der Waals surface area (Å²) in [4.78, 5) is 25.9. The first kappa shape index (κ1) is 18.6. The van der Waals surface area contributed by atoms with Gasteiger partial charge in [-0.15, -0.1) is 0 Å². The predicted molar refractivity (Wildman–Crippen MR) is 102 cm³/mol. The number of nitrogens with zero attached hydrogens (tertiary/aromatic N) is 2. The van der Waals surface area contributed by atoms with Gasteiger partial charge in [0.25, 0.3) is 0 Å². The molecule has 0 spiro atoms. The number of carbonyl (C=O) groups is 1. The van der Waals surface area contributed by atoms with Crippen LogP contribution in [-0.4, -0.2) is 40.4 Å². The summed E-state index contributed by atoms with van der Waals surface area (Å²) in [5, 5.41) is 9.27. The van der Waals surface area contributed by atoms with Crippen molar-refractivity contribution >= 4 is 22.6 Å². The zero-order chi connectivity index (χ0) is 20.5. The number of pyridine rings is 1. The van der Waals surface area contributed by atoms with Crippen LogP contribution in [0.2, 0.25) is 0 Å². The van der Waals surface area contributed by atoms with Crippen molar-refractivity contribution in [2.75, 3.05) is 18.0 Å². The maximum absolute atomic E-state index is 15.1. The van der Waals surface area contributed by atoms with Gasteiger partial charge in [0.1, 0.15) is 17.6 Å². The zero-order valence-corrected chi connectivity index (χ0v) is 15.6. The van der Waals surface area contributed by atoms with Crippen molar-refractivity contribution in [3.8, 4) is 0 Å². The largest absolute Gasteiger partial charge is 0.477 e. The van der Waals surface area contributed by atoms with E-state index in [1.54, 1.807) is 11.8 Å². The van der Waals surface area contributed by atoms with Crippen LogP contribution in [0.4, 0.5) is 14.5 Å². The summed E-state index contributed by atoms with van der Waals surface area (Å²) in [7, 11) is 0. The van der Waals surface area contributed by atoms with Crippen LogP contribution >= 0.6 is 0 Å². The average molecular weight is 389 g/mol. The van der Waals surface area contributed by atoms with E-state index >= 15 is 4.39 Å². The monoisotopic (exact) mass is 389 g/mol. The van der Waals surface area contributed by atoms with E-state index in [0.717, 1.165) is 11.6 Å². The van der Waals surface area contributed by atoms with Crippen LogP contribution in [0.15, 0.2) is 29.2 Å². The number of benzene rings is 1. The second kappa shape index (κ2) is 5.88. The third-order valence-corrected chi connectivity index (χ3v) is 5.77. The lowest BCUT2D eigenvalue weighted by Crippen LogP contribution is -2.40. The second-order valence-corrected chi connectivity index (χ2v) is 8.01. The topological polar surface area (TPSA) is 88.6 Å². The number of hydrogen-bond acceptors (Lipinski definition) is 4. The molecule has 0 radical (unpaired) electrons. The first-order chi connectivity index (χ1) is 13.0. The van der Waals surface area contributed by atoms with Crippen LogP contribution in [0.1, 0.15) is 35.3 Å². The molecule has 28 heavy (non-hydrogen) atoms. The Morgan fingerprint density at radius 2 is 2.11 bits per heavy atom. The molecule has 3 atom stereocenters. The fraction of sp³-hybridized carbons (Fsp3) is 0.400. The lowest BCUT2D eigenvalue weighted by atomic mass is 9.99. The number of aromatic nitrogens is 1. The Morgan fingerprint density at radius 1 is 1.46 bits per heavy atom. The Kier molecular flexibility index (Phi) is 3.91. The van der Waals surface area contributed by atoms with Crippen molar-refractivity contribution in [1.82, 2.24) is 4.57 Å². The summed E-state index contributed by atoms with van der Waals surface area (Å²) < 4.78 is 30.4. The summed E-state index contributed by atoms with van der Waals surface area (Å²) in [5.74, 6) is -2.07. The van der Waals surface area contributed by atoms with E-state index in [9.17, 15) is 19.1 Å². The van der Waals surface area contributed by atoms with Gasteiger partial charge in [0.15, 0.2) is 0 Å². The van der Waals surface area contributed by atoms with Crippen LogP contribution in [0, 0.1) is 12.7 Å². The van der Waals surface area contributed by atoms with E-state index in [0.29, 0.717) is 24.2 Å². The van der Waals surface area contributed by atoms with E-state index in [4.69, 9.17) is 5.73 Å². The van der Waals surface area contributed by atoms with Crippen LogP contribution in [0.3, 0.4) is 0 Å². The van der Waals surface area contributed by atoms with Crippen molar-refractivity contribution in [3.05, 3.63) is 51.6 Å². The summed E-state index contributed by atoms with van der Waals surface area (Å²) in [5.41, 5.74) is 6.09. The van der Waals surface area contributed by atoms with Gasteiger partial charge in [-0.25, -0.2) is 13.6 Å².